The summed E-state index contributed by atoms with van der Waals surface area (Å²) in [7, 11) is 0. The zero-order chi connectivity index (χ0) is 12.8. The van der Waals surface area contributed by atoms with Crippen molar-refractivity contribution in [2.75, 3.05) is 5.32 Å². The minimum absolute atomic E-state index is 0.132. The molecule has 92 valence electrons. The Morgan fingerprint density at radius 1 is 1.47 bits per heavy atom. The average Bonchev–Trinajstić information content (AvgIpc) is 2.72. The van der Waals surface area contributed by atoms with Crippen LogP contribution >= 0.6 is 39.1 Å². The van der Waals surface area contributed by atoms with Gasteiger partial charge >= 0.3 is 0 Å². The van der Waals surface area contributed by atoms with Crippen LogP contribution in [0.25, 0.3) is 0 Å². The van der Waals surface area contributed by atoms with Gasteiger partial charge in [-0.15, -0.1) is 23.2 Å². The number of aryl methyl sites for hydroxylation is 1. The quantitative estimate of drug-likeness (QED) is 0.802. The number of alkyl halides is 2. The zero-order valence-electron chi connectivity index (χ0n) is 9.48. The lowest BCUT2D eigenvalue weighted by Crippen LogP contribution is -2.26. The van der Waals surface area contributed by atoms with Crippen molar-refractivity contribution in [1.82, 2.24) is 0 Å². The monoisotopic (exact) mass is 335 g/mol. The highest BCUT2D eigenvalue weighted by atomic mass is 79.9. The van der Waals surface area contributed by atoms with Gasteiger partial charge in [0.05, 0.1) is 5.41 Å². The molecule has 1 aliphatic carbocycles. The van der Waals surface area contributed by atoms with E-state index in [2.05, 4.69) is 21.2 Å². The number of carbonyl (C=O) groups is 1. The van der Waals surface area contributed by atoms with E-state index in [-0.39, 0.29) is 5.91 Å². The van der Waals surface area contributed by atoms with Gasteiger partial charge in [-0.1, -0.05) is 15.9 Å². The van der Waals surface area contributed by atoms with Gasteiger partial charge in [0.15, 0.2) is 0 Å². The summed E-state index contributed by atoms with van der Waals surface area (Å²) in [4.78, 5) is 12.1. The third kappa shape index (κ3) is 2.33. The molecule has 1 amide bonds. The number of rotatable bonds is 2. The van der Waals surface area contributed by atoms with Crippen LogP contribution in [0, 0.1) is 12.3 Å². The number of halogens is 3. The highest BCUT2D eigenvalue weighted by Crippen LogP contribution is 2.64. The number of hydrogen-bond acceptors (Lipinski definition) is 1. The first kappa shape index (κ1) is 13.2. The Labute approximate surface area is 119 Å². The molecule has 0 spiro atoms. The Hall–Kier alpha value is -0.250. The molecule has 2 nitrogen and oxygen atoms in total. The van der Waals surface area contributed by atoms with Crippen molar-refractivity contribution in [1.29, 1.82) is 0 Å². The molecule has 1 atom stereocenters. The number of carbonyl (C=O) groups excluding carboxylic acids is 1. The van der Waals surface area contributed by atoms with Crippen LogP contribution in [0.4, 0.5) is 5.69 Å². The van der Waals surface area contributed by atoms with Gasteiger partial charge in [0.2, 0.25) is 5.91 Å². The van der Waals surface area contributed by atoms with E-state index in [1.54, 1.807) is 6.92 Å². The lowest BCUT2D eigenvalue weighted by Gasteiger charge is -2.14. The minimum Gasteiger partial charge on any atom is -0.325 e. The fourth-order valence-corrected chi connectivity index (χ4v) is 2.86. The Balaban J connectivity index is 2.15. The predicted octanol–water partition coefficient (Wildman–Crippen LogP) is 4.28. The third-order valence-electron chi connectivity index (χ3n) is 3.20. The largest absolute Gasteiger partial charge is 0.325 e. The second-order valence-electron chi connectivity index (χ2n) is 4.63. The molecule has 0 aliphatic heterocycles. The maximum atomic E-state index is 12.1. The van der Waals surface area contributed by atoms with Crippen LogP contribution in [0.5, 0.6) is 0 Å². The molecule has 17 heavy (non-hydrogen) atoms. The van der Waals surface area contributed by atoms with E-state index in [9.17, 15) is 4.79 Å². The standard InChI is InChI=1S/C12H12BrCl2NO/c1-7-5-8(13)3-4-9(7)16-10(17)11(2)6-12(11,14)15/h3-5H,6H2,1-2H3,(H,16,17). The first-order valence-electron chi connectivity index (χ1n) is 5.22. The summed E-state index contributed by atoms with van der Waals surface area (Å²) in [6, 6.07) is 5.68. The molecule has 1 fully saturated rings. The first-order valence-corrected chi connectivity index (χ1v) is 6.77. The van der Waals surface area contributed by atoms with E-state index < -0.39 is 9.75 Å². The Morgan fingerprint density at radius 2 is 2.06 bits per heavy atom. The number of benzene rings is 1. The number of amides is 1. The summed E-state index contributed by atoms with van der Waals surface area (Å²) in [5, 5.41) is 2.87. The lowest BCUT2D eigenvalue weighted by molar-refractivity contribution is -0.120. The fraction of sp³-hybridized carbons (Fsp3) is 0.417. The van der Waals surface area contributed by atoms with Crippen molar-refractivity contribution >= 4 is 50.7 Å². The van der Waals surface area contributed by atoms with Gasteiger partial charge in [0.25, 0.3) is 0 Å². The van der Waals surface area contributed by atoms with E-state index in [4.69, 9.17) is 23.2 Å². The van der Waals surface area contributed by atoms with Gasteiger partial charge in [0.1, 0.15) is 4.33 Å². The van der Waals surface area contributed by atoms with Crippen molar-refractivity contribution in [3.8, 4) is 0 Å². The van der Waals surface area contributed by atoms with Gasteiger partial charge in [-0.05, 0) is 44.0 Å². The summed E-state index contributed by atoms with van der Waals surface area (Å²) in [5.41, 5.74) is 1.09. The highest BCUT2D eigenvalue weighted by molar-refractivity contribution is 9.10. The van der Waals surface area contributed by atoms with Crippen LogP contribution in [0.15, 0.2) is 22.7 Å². The van der Waals surface area contributed by atoms with Gasteiger partial charge in [-0.2, -0.15) is 0 Å². The normalized spacial score (nSPS) is 25.5. The van der Waals surface area contributed by atoms with E-state index >= 15 is 0 Å². The molecule has 5 heteroatoms. The van der Waals surface area contributed by atoms with E-state index in [1.165, 1.54) is 0 Å². The lowest BCUT2D eigenvalue weighted by atomic mass is 10.1. The van der Waals surface area contributed by atoms with Gasteiger partial charge < -0.3 is 5.32 Å². The van der Waals surface area contributed by atoms with E-state index in [1.807, 2.05) is 25.1 Å². The van der Waals surface area contributed by atoms with E-state index in [0.29, 0.717) is 6.42 Å². The van der Waals surface area contributed by atoms with Crippen LogP contribution < -0.4 is 5.32 Å². The molecule has 1 aliphatic rings. The molecule has 1 unspecified atom stereocenters. The molecule has 1 N–H and O–H groups in total. The molecular formula is C12H12BrCl2NO. The van der Waals surface area contributed by atoms with Crippen molar-refractivity contribution in [3.63, 3.8) is 0 Å². The maximum Gasteiger partial charge on any atom is 0.233 e. The predicted molar refractivity (Wildman–Crippen MR) is 74.7 cm³/mol. The molecule has 0 heterocycles. The van der Waals surface area contributed by atoms with Crippen LogP contribution in [0.3, 0.4) is 0 Å². The molecule has 2 rings (SSSR count). The van der Waals surface area contributed by atoms with Crippen LogP contribution in [-0.2, 0) is 4.79 Å². The number of hydrogen-bond donors (Lipinski definition) is 1. The van der Waals surface area contributed by atoms with Crippen LogP contribution in [0.2, 0.25) is 0 Å². The third-order valence-corrected chi connectivity index (χ3v) is 4.79. The highest BCUT2D eigenvalue weighted by Gasteiger charge is 2.67. The minimum atomic E-state index is -0.930. The number of anilines is 1. The molecular weight excluding hydrogens is 325 g/mol. The van der Waals surface area contributed by atoms with Gasteiger partial charge in [-0.3, -0.25) is 4.79 Å². The van der Waals surface area contributed by atoms with Gasteiger partial charge in [0, 0.05) is 10.2 Å². The molecule has 0 aromatic heterocycles. The number of nitrogens with one attached hydrogen (secondary N) is 1. The smallest absolute Gasteiger partial charge is 0.233 e. The van der Waals surface area contributed by atoms with Crippen molar-refractivity contribution in [2.24, 2.45) is 5.41 Å². The topological polar surface area (TPSA) is 29.1 Å². The molecule has 1 aromatic rings. The van der Waals surface area contributed by atoms with Crippen molar-refractivity contribution in [2.45, 2.75) is 24.6 Å². The van der Waals surface area contributed by atoms with Crippen molar-refractivity contribution in [3.05, 3.63) is 28.2 Å². The SMILES string of the molecule is Cc1cc(Br)ccc1NC(=O)C1(C)CC1(Cl)Cl. The second kappa shape index (κ2) is 4.15. The molecule has 0 saturated heterocycles. The Bertz CT molecular complexity index is 489. The van der Waals surface area contributed by atoms with Crippen LogP contribution in [-0.4, -0.2) is 10.2 Å². The zero-order valence-corrected chi connectivity index (χ0v) is 12.6. The van der Waals surface area contributed by atoms with E-state index in [0.717, 1.165) is 15.7 Å². The molecule has 0 radical (unpaired) electrons. The fourth-order valence-electron chi connectivity index (χ4n) is 1.67. The molecule has 1 aromatic carbocycles. The summed E-state index contributed by atoms with van der Waals surface area (Å²) in [6.45, 7) is 3.71. The van der Waals surface area contributed by atoms with Crippen molar-refractivity contribution < 1.29 is 4.79 Å². The summed E-state index contributed by atoms with van der Waals surface area (Å²) in [6.07, 6.45) is 0.491. The summed E-state index contributed by atoms with van der Waals surface area (Å²) >= 11 is 15.3. The van der Waals surface area contributed by atoms with Gasteiger partial charge in [-0.25, -0.2) is 0 Å². The average molecular weight is 337 g/mol. The first-order chi connectivity index (χ1) is 7.76. The second-order valence-corrected chi connectivity index (χ2v) is 7.03. The Kier molecular flexibility index (Phi) is 3.22. The molecule has 1 saturated carbocycles. The Morgan fingerprint density at radius 3 is 2.53 bits per heavy atom. The summed E-state index contributed by atoms with van der Waals surface area (Å²) in [5.74, 6) is -0.132. The maximum absolute atomic E-state index is 12.1. The van der Waals surface area contributed by atoms with Crippen LogP contribution in [0.1, 0.15) is 18.9 Å². The molecule has 0 bridgehead atoms. The summed E-state index contributed by atoms with van der Waals surface area (Å²) < 4.78 is 0.0510.